The fourth-order valence-corrected chi connectivity index (χ4v) is 5.32. The predicted molar refractivity (Wildman–Crippen MR) is 112 cm³/mol. The van der Waals surface area contributed by atoms with Gasteiger partial charge < -0.3 is 10.8 Å². The van der Waals surface area contributed by atoms with Crippen molar-refractivity contribution in [3.63, 3.8) is 0 Å². The van der Waals surface area contributed by atoms with Crippen LogP contribution < -0.4 is 10.7 Å². The van der Waals surface area contributed by atoms with Gasteiger partial charge in [0.1, 0.15) is 17.5 Å². The van der Waals surface area contributed by atoms with Crippen LogP contribution in [0.4, 0.5) is 5.69 Å². The summed E-state index contributed by atoms with van der Waals surface area (Å²) in [5.41, 5.74) is 9.61. The van der Waals surface area contributed by atoms with Crippen LogP contribution in [-0.2, 0) is 6.42 Å². The maximum Gasteiger partial charge on any atom is 0.267 e. The highest BCUT2D eigenvalue weighted by molar-refractivity contribution is 6.07. The summed E-state index contributed by atoms with van der Waals surface area (Å²) in [6.07, 6.45) is 6.52. The molecule has 152 valence electrons. The van der Waals surface area contributed by atoms with E-state index in [1.807, 2.05) is 23.2 Å². The zero-order valence-corrected chi connectivity index (χ0v) is 16.6. The Labute approximate surface area is 174 Å². The van der Waals surface area contributed by atoms with E-state index in [0.717, 1.165) is 35.5 Å². The summed E-state index contributed by atoms with van der Waals surface area (Å²) in [6.45, 7) is 0. The summed E-state index contributed by atoms with van der Waals surface area (Å²) in [4.78, 5) is 16.0. The second-order valence-electron chi connectivity index (χ2n) is 8.38. The topological polar surface area (TPSA) is 116 Å². The number of carbonyl (C=O) groups excluding carboxylic acids is 1. The molecule has 2 aromatic rings. The molecule has 5 rings (SSSR count). The van der Waals surface area contributed by atoms with E-state index >= 15 is 0 Å². The molecule has 2 heterocycles. The van der Waals surface area contributed by atoms with Gasteiger partial charge in [-0.15, -0.1) is 0 Å². The number of rotatable bonds is 3. The van der Waals surface area contributed by atoms with E-state index in [1.54, 1.807) is 18.2 Å². The minimum absolute atomic E-state index is 0.0246. The smallest absolute Gasteiger partial charge is 0.267 e. The number of hydrazone groups is 1. The molecule has 1 aliphatic heterocycles. The minimum atomic E-state index is -0.521. The van der Waals surface area contributed by atoms with Crippen molar-refractivity contribution in [2.75, 3.05) is 5.01 Å². The minimum Gasteiger partial charge on any atom is -0.506 e. The highest BCUT2D eigenvalue weighted by atomic mass is 16.3. The first-order chi connectivity index (χ1) is 14.6. The molecule has 1 aromatic carbocycles. The van der Waals surface area contributed by atoms with Crippen molar-refractivity contribution >= 4 is 17.3 Å². The van der Waals surface area contributed by atoms with Crippen LogP contribution in [0.2, 0.25) is 0 Å². The molecule has 7 heteroatoms. The number of carbonyl (C=O) groups is 1. The Kier molecular flexibility index (Phi) is 4.43. The second kappa shape index (κ2) is 7.13. The molecular formula is C23H23N5O2. The highest BCUT2D eigenvalue weighted by Crippen LogP contribution is 2.45. The molecule has 3 N–H and O–H groups in total. The third kappa shape index (κ3) is 2.91. The van der Waals surface area contributed by atoms with Crippen LogP contribution in [0, 0.1) is 23.2 Å². The van der Waals surface area contributed by atoms with Gasteiger partial charge in [0.05, 0.1) is 28.7 Å². The number of hydrogen-bond acceptors (Lipinski definition) is 6. The van der Waals surface area contributed by atoms with Gasteiger partial charge in [0.15, 0.2) is 0 Å². The van der Waals surface area contributed by atoms with Gasteiger partial charge in [-0.3, -0.25) is 9.80 Å². The lowest BCUT2D eigenvalue weighted by Gasteiger charge is -2.34. The number of nitriles is 1. The predicted octanol–water partition coefficient (Wildman–Crippen LogP) is 3.10. The second-order valence-corrected chi connectivity index (χ2v) is 8.38. The number of benzene rings is 1. The third-order valence-electron chi connectivity index (χ3n) is 6.71. The molecule has 7 nitrogen and oxygen atoms in total. The van der Waals surface area contributed by atoms with Gasteiger partial charge in [0.25, 0.3) is 5.91 Å². The van der Waals surface area contributed by atoms with Crippen molar-refractivity contribution in [1.29, 1.82) is 5.26 Å². The van der Waals surface area contributed by atoms with Gasteiger partial charge in [-0.05, 0) is 55.9 Å². The lowest BCUT2D eigenvalue weighted by Crippen LogP contribution is -2.40. The van der Waals surface area contributed by atoms with Crippen LogP contribution in [0.5, 0.6) is 5.75 Å². The molecule has 2 aliphatic carbocycles. The zero-order chi connectivity index (χ0) is 20.8. The number of aromatic hydroxyl groups is 1. The van der Waals surface area contributed by atoms with Gasteiger partial charge in [-0.25, -0.2) is 4.98 Å². The maximum absolute atomic E-state index is 11.5. The van der Waals surface area contributed by atoms with Crippen LogP contribution in [0.1, 0.15) is 59.4 Å². The van der Waals surface area contributed by atoms with Crippen molar-refractivity contribution in [3.8, 4) is 11.8 Å². The van der Waals surface area contributed by atoms with Crippen LogP contribution in [0.3, 0.4) is 0 Å². The lowest BCUT2D eigenvalue weighted by molar-refractivity contribution is 0.0995. The Morgan fingerprint density at radius 3 is 2.70 bits per heavy atom. The van der Waals surface area contributed by atoms with E-state index in [-0.39, 0.29) is 29.0 Å². The van der Waals surface area contributed by atoms with Crippen molar-refractivity contribution < 1.29 is 9.90 Å². The Morgan fingerprint density at radius 1 is 1.20 bits per heavy atom. The van der Waals surface area contributed by atoms with Gasteiger partial charge >= 0.3 is 0 Å². The normalized spacial score (nSPS) is 22.9. The number of nitrogens with zero attached hydrogens (tertiary/aromatic N) is 4. The van der Waals surface area contributed by atoms with Gasteiger partial charge in [0.2, 0.25) is 0 Å². The molecule has 1 amide bonds. The van der Waals surface area contributed by atoms with Gasteiger partial charge in [-0.2, -0.15) is 10.4 Å². The third-order valence-corrected chi connectivity index (χ3v) is 6.71. The molecule has 0 radical (unpaired) electrons. The standard InChI is InChI=1S/C23H23N5O2/c24-12-14-5-6-15(11-20(14)29)28-22(13-3-1-2-4-13)17-8-9-18-16(21(17)27-28)7-10-19(26-18)23(25)30/h5-7,10-11,13,17,22,29H,1-4,8-9H2,(H2,25,30). The average molecular weight is 401 g/mol. The zero-order valence-electron chi connectivity index (χ0n) is 16.6. The Bertz CT molecular complexity index is 1100. The van der Waals surface area contributed by atoms with E-state index in [2.05, 4.69) is 4.98 Å². The van der Waals surface area contributed by atoms with Crippen LogP contribution in [0.25, 0.3) is 0 Å². The van der Waals surface area contributed by atoms with Gasteiger partial charge in [0, 0.05) is 17.5 Å². The van der Waals surface area contributed by atoms with Crippen molar-refractivity contribution in [3.05, 3.63) is 52.8 Å². The molecule has 2 atom stereocenters. The summed E-state index contributed by atoms with van der Waals surface area (Å²) >= 11 is 0. The van der Waals surface area contributed by atoms with Crippen molar-refractivity contribution in [2.45, 2.75) is 44.6 Å². The number of hydrogen-bond donors (Lipinski definition) is 2. The average Bonchev–Trinajstić information content (AvgIpc) is 3.40. The van der Waals surface area contributed by atoms with E-state index < -0.39 is 5.91 Å². The quantitative estimate of drug-likeness (QED) is 0.820. The first-order valence-electron chi connectivity index (χ1n) is 10.5. The fourth-order valence-electron chi connectivity index (χ4n) is 5.32. The monoisotopic (exact) mass is 401 g/mol. The number of phenolic OH excluding ortho intramolecular Hbond substituents is 1. The molecule has 1 fully saturated rings. The van der Waals surface area contributed by atoms with Crippen LogP contribution in [0.15, 0.2) is 35.4 Å². The summed E-state index contributed by atoms with van der Waals surface area (Å²) in [5, 5.41) is 26.5. The summed E-state index contributed by atoms with van der Waals surface area (Å²) in [6, 6.07) is 11.0. The number of phenols is 1. The number of aromatic nitrogens is 1. The summed E-state index contributed by atoms with van der Waals surface area (Å²) in [7, 11) is 0. The SMILES string of the molecule is N#Cc1ccc(N2N=C3c4ccc(C(N)=O)nc4CCC3C2C2CCCC2)cc1O. The lowest BCUT2D eigenvalue weighted by atomic mass is 9.76. The molecule has 1 saturated carbocycles. The van der Waals surface area contributed by atoms with E-state index in [1.165, 1.54) is 25.7 Å². The molecule has 0 spiro atoms. The first-order valence-corrected chi connectivity index (χ1v) is 10.5. The Morgan fingerprint density at radius 2 is 2.00 bits per heavy atom. The fraction of sp³-hybridized carbons (Fsp3) is 0.391. The number of aryl methyl sites for hydroxylation is 1. The number of nitrogens with two attached hydrogens (primary N) is 1. The number of pyridine rings is 1. The number of fused-ring (bicyclic) bond motifs is 3. The molecular weight excluding hydrogens is 378 g/mol. The van der Waals surface area contributed by atoms with Crippen LogP contribution >= 0.6 is 0 Å². The number of primary amides is 1. The Balaban J connectivity index is 1.59. The van der Waals surface area contributed by atoms with E-state index in [4.69, 9.17) is 16.1 Å². The van der Waals surface area contributed by atoms with Crippen LogP contribution in [-0.4, -0.2) is 27.8 Å². The Hall–Kier alpha value is -3.40. The maximum atomic E-state index is 11.5. The first kappa shape index (κ1) is 18.6. The van der Waals surface area contributed by atoms with E-state index in [9.17, 15) is 9.90 Å². The van der Waals surface area contributed by atoms with Gasteiger partial charge in [-0.1, -0.05) is 12.8 Å². The molecule has 0 bridgehead atoms. The number of anilines is 1. The van der Waals surface area contributed by atoms with Crippen molar-refractivity contribution in [2.24, 2.45) is 22.7 Å². The molecule has 2 unspecified atom stereocenters. The molecule has 0 saturated heterocycles. The summed E-state index contributed by atoms with van der Waals surface area (Å²) < 4.78 is 0. The largest absolute Gasteiger partial charge is 0.506 e. The number of amides is 1. The van der Waals surface area contributed by atoms with Crippen molar-refractivity contribution in [1.82, 2.24) is 4.98 Å². The molecule has 30 heavy (non-hydrogen) atoms. The summed E-state index contributed by atoms with van der Waals surface area (Å²) in [5.74, 6) is 0.267. The highest BCUT2D eigenvalue weighted by Gasteiger charge is 2.46. The molecule has 3 aliphatic rings. The molecule has 1 aromatic heterocycles. The van der Waals surface area contributed by atoms with E-state index in [0.29, 0.717) is 5.92 Å².